The molecule has 0 amide bonds. The molecule has 2 aliphatic rings. The van der Waals surface area contributed by atoms with E-state index in [0.29, 0.717) is 0 Å². The zero-order chi connectivity index (χ0) is 6.81. The normalized spacial score (nSPS) is 28.0. The first-order valence-electron chi connectivity index (χ1n) is 3.33. The fourth-order valence-corrected chi connectivity index (χ4v) is 1.94. The quantitative estimate of drug-likeness (QED) is 0.509. The van der Waals surface area contributed by atoms with Crippen molar-refractivity contribution in [1.82, 2.24) is 0 Å². The predicted molar refractivity (Wildman–Crippen MR) is 46.9 cm³/mol. The molecular formula is C9H8S. The second-order valence-electron chi connectivity index (χ2n) is 2.32. The average molecular weight is 148 g/mol. The molecule has 0 saturated carbocycles. The van der Waals surface area contributed by atoms with E-state index in [0.717, 1.165) is 5.75 Å². The monoisotopic (exact) mass is 148 g/mol. The summed E-state index contributed by atoms with van der Waals surface area (Å²) >= 11 is 1.91. The molecule has 0 saturated heterocycles. The van der Waals surface area contributed by atoms with Gasteiger partial charge in [-0.05, 0) is 17.7 Å². The van der Waals surface area contributed by atoms with E-state index < -0.39 is 0 Å². The molecule has 0 radical (unpaired) electrons. The molecule has 2 rings (SSSR count). The summed E-state index contributed by atoms with van der Waals surface area (Å²) in [6.45, 7) is 0. The zero-order valence-corrected chi connectivity index (χ0v) is 6.40. The Balaban J connectivity index is 2.39. The van der Waals surface area contributed by atoms with E-state index in [9.17, 15) is 0 Å². The summed E-state index contributed by atoms with van der Waals surface area (Å²) in [5.41, 5.74) is 1.43. The maximum absolute atomic E-state index is 2.24. The third kappa shape index (κ3) is 1.09. The Bertz CT molecular complexity index is 254. The molecule has 0 N–H and O–H groups in total. The van der Waals surface area contributed by atoms with Gasteiger partial charge < -0.3 is 0 Å². The van der Waals surface area contributed by atoms with Crippen LogP contribution < -0.4 is 0 Å². The van der Waals surface area contributed by atoms with Crippen LogP contribution in [0.2, 0.25) is 0 Å². The lowest BCUT2D eigenvalue weighted by Gasteiger charge is -1.86. The molecule has 1 heterocycles. The highest BCUT2D eigenvalue weighted by Gasteiger charge is 2.06. The van der Waals surface area contributed by atoms with Gasteiger partial charge in [-0.2, -0.15) is 0 Å². The van der Waals surface area contributed by atoms with Gasteiger partial charge in [0, 0.05) is 10.7 Å². The van der Waals surface area contributed by atoms with Crippen molar-refractivity contribution in [2.75, 3.05) is 5.75 Å². The number of thioether (sulfide) groups is 1. The van der Waals surface area contributed by atoms with Gasteiger partial charge in [-0.1, -0.05) is 24.3 Å². The minimum Gasteiger partial charge on any atom is -0.121 e. The third-order valence-corrected chi connectivity index (χ3v) is 2.59. The van der Waals surface area contributed by atoms with E-state index in [1.807, 2.05) is 11.8 Å². The lowest BCUT2D eigenvalue weighted by Crippen LogP contribution is -1.72. The predicted octanol–water partition coefficient (Wildman–Crippen LogP) is 2.67. The molecule has 50 valence electrons. The van der Waals surface area contributed by atoms with Gasteiger partial charge in [0.15, 0.2) is 0 Å². The molecule has 0 atom stereocenters. The standard InChI is InChI=1S/C9H8S/c1-2-4-8-6-9(5-3-1)10-7-8/h1-6H,7H2/b2-1?,3-1-,4-2-,5-3?,8-4?,9-5?. The van der Waals surface area contributed by atoms with Crippen LogP contribution in [0.25, 0.3) is 0 Å². The number of allylic oxidation sites excluding steroid dienone is 6. The summed E-state index contributed by atoms with van der Waals surface area (Å²) in [5.74, 6) is 1.14. The van der Waals surface area contributed by atoms with E-state index in [1.165, 1.54) is 10.5 Å². The van der Waals surface area contributed by atoms with Gasteiger partial charge in [-0.3, -0.25) is 0 Å². The molecule has 2 bridgehead atoms. The summed E-state index contributed by atoms with van der Waals surface area (Å²) in [5, 5.41) is 0. The summed E-state index contributed by atoms with van der Waals surface area (Å²) in [6.07, 6.45) is 12.8. The van der Waals surface area contributed by atoms with Crippen LogP contribution in [-0.4, -0.2) is 5.75 Å². The Labute approximate surface area is 65.0 Å². The Kier molecular flexibility index (Phi) is 1.52. The Morgan fingerprint density at radius 2 is 2.20 bits per heavy atom. The first-order chi connectivity index (χ1) is 4.95. The summed E-state index contributed by atoms with van der Waals surface area (Å²) < 4.78 is 0. The number of hydrogen-bond donors (Lipinski definition) is 0. The van der Waals surface area contributed by atoms with Crippen molar-refractivity contribution >= 4 is 11.8 Å². The van der Waals surface area contributed by atoms with Crippen LogP contribution in [-0.2, 0) is 0 Å². The van der Waals surface area contributed by atoms with Crippen molar-refractivity contribution in [3.8, 4) is 0 Å². The summed E-state index contributed by atoms with van der Waals surface area (Å²) in [6, 6.07) is 0. The molecule has 0 fully saturated rings. The molecule has 0 spiro atoms. The first-order valence-corrected chi connectivity index (χ1v) is 4.32. The molecule has 0 unspecified atom stereocenters. The molecule has 0 aromatic carbocycles. The number of fused-ring (bicyclic) bond motifs is 1. The second-order valence-corrected chi connectivity index (χ2v) is 3.37. The van der Waals surface area contributed by atoms with E-state index in [-0.39, 0.29) is 0 Å². The molecule has 0 aromatic rings. The lowest BCUT2D eigenvalue weighted by atomic mass is 10.2. The molecule has 10 heavy (non-hydrogen) atoms. The van der Waals surface area contributed by atoms with Crippen molar-refractivity contribution in [3.05, 3.63) is 46.9 Å². The fourth-order valence-electron chi connectivity index (χ4n) is 1.02. The van der Waals surface area contributed by atoms with Crippen LogP contribution in [0, 0.1) is 0 Å². The summed E-state index contributed by atoms with van der Waals surface area (Å²) in [7, 11) is 0. The van der Waals surface area contributed by atoms with Crippen LogP contribution in [0.5, 0.6) is 0 Å². The van der Waals surface area contributed by atoms with Crippen molar-refractivity contribution < 1.29 is 0 Å². The van der Waals surface area contributed by atoms with Gasteiger partial charge in [0.05, 0.1) is 0 Å². The van der Waals surface area contributed by atoms with Gasteiger partial charge in [-0.15, -0.1) is 11.8 Å². The fraction of sp³-hybridized carbons (Fsp3) is 0.111. The Morgan fingerprint density at radius 3 is 3.20 bits per heavy atom. The Morgan fingerprint density at radius 1 is 1.20 bits per heavy atom. The highest BCUT2D eigenvalue weighted by Crippen LogP contribution is 2.30. The largest absolute Gasteiger partial charge is 0.121 e. The Hall–Kier alpha value is -0.690. The summed E-state index contributed by atoms with van der Waals surface area (Å²) in [4.78, 5) is 1.38. The van der Waals surface area contributed by atoms with Gasteiger partial charge >= 0.3 is 0 Å². The minimum absolute atomic E-state index is 1.14. The third-order valence-electron chi connectivity index (χ3n) is 1.53. The smallest absolute Gasteiger partial charge is 0.0232 e. The van der Waals surface area contributed by atoms with Crippen LogP contribution in [0.3, 0.4) is 0 Å². The van der Waals surface area contributed by atoms with Crippen LogP contribution in [0.15, 0.2) is 46.9 Å². The van der Waals surface area contributed by atoms with E-state index >= 15 is 0 Å². The average Bonchev–Trinajstić information content (AvgIpc) is 2.30. The van der Waals surface area contributed by atoms with Gasteiger partial charge in [0.1, 0.15) is 0 Å². The molecule has 0 aromatic heterocycles. The zero-order valence-electron chi connectivity index (χ0n) is 5.58. The SMILES string of the molecule is C1=C2/C=C\C=C/C=C1SC2. The van der Waals surface area contributed by atoms with Crippen molar-refractivity contribution in [2.24, 2.45) is 0 Å². The topological polar surface area (TPSA) is 0 Å². The van der Waals surface area contributed by atoms with Crippen LogP contribution >= 0.6 is 11.8 Å². The van der Waals surface area contributed by atoms with Crippen molar-refractivity contribution in [2.45, 2.75) is 0 Å². The molecule has 1 aliphatic carbocycles. The highest BCUT2D eigenvalue weighted by atomic mass is 32.2. The minimum atomic E-state index is 1.14. The number of rotatable bonds is 0. The number of hydrogen-bond acceptors (Lipinski definition) is 1. The molecule has 0 nitrogen and oxygen atoms in total. The van der Waals surface area contributed by atoms with E-state index in [1.54, 1.807) is 0 Å². The van der Waals surface area contributed by atoms with Crippen LogP contribution in [0.1, 0.15) is 0 Å². The maximum atomic E-state index is 2.24. The first kappa shape index (κ1) is 6.05. The van der Waals surface area contributed by atoms with Gasteiger partial charge in [0.25, 0.3) is 0 Å². The van der Waals surface area contributed by atoms with Crippen molar-refractivity contribution in [3.63, 3.8) is 0 Å². The molecule has 1 aliphatic heterocycles. The maximum Gasteiger partial charge on any atom is 0.0232 e. The van der Waals surface area contributed by atoms with Crippen LogP contribution in [0.4, 0.5) is 0 Å². The molecule has 1 heteroatoms. The second kappa shape index (κ2) is 2.51. The van der Waals surface area contributed by atoms with E-state index in [4.69, 9.17) is 0 Å². The van der Waals surface area contributed by atoms with Gasteiger partial charge in [-0.25, -0.2) is 0 Å². The molecular weight excluding hydrogens is 140 g/mol. The highest BCUT2D eigenvalue weighted by molar-refractivity contribution is 8.03. The van der Waals surface area contributed by atoms with Gasteiger partial charge in [0.2, 0.25) is 0 Å². The van der Waals surface area contributed by atoms with Crippen molar-refractivity contribution in [1.29, 1.82) is 0 Å². The lowest BCUT2D eigenvalue weighted by molar-refractivity contribution is 1.57. The van der Waals surface area contributed by atoms with E-state index in [2.05, 4.69) is 36.5 Å².